The number of nitrogens with zero attached hydrogens (tertiary/aromatic N) is 1. The van der Waals surface area contributed by atoms with E-state index in [1.165, 1.54) is 5.56 Å². The minimum atomic E-state index is 0. The predicted molar refractivity (Wildman–Crippen MR) is 103 cm³/mol. The van der Waals surface area contributed by atoms with Crippen molar-refractivity contribution in [2.45, 2.75) is 57.3 Å². The Labute approximate surface area is 157 Å². The fraction of sp³-hybridized carbons (Fsp3) is 0.611. The Kier molecular flexibility index (Phi) is 9.06. The van der Waals surface area contributed by atoms with Crippen LogP contribution in [0.4, 0.5) is 0 Å². The van der Waals surface area contributed by atoms with Gasteiger partial charge in [0.25, 0.3) is 0 Å². The first-order chi connectivity index (χ1) is 10.7. The summed E-state index contributed by atoms with van der Waals surface area (Å²) in [5, 5.41) is 6.72. The summed E-state index contributed by atoms with van der Waals surface area (Å²) < 4.78 is 0. The lowest BCUT2D eigenvalue weighted by Gasteiger charge is -2.31. The lowest BCUT2D eigenvalue weighted by atomic mass is 10.00. The molecule has 1 aromatic rings. The van der Waals surface area contributed by atoms with Gasteiger partial charge in [0.15, 0.2) is 0 Å². The van der Waals surface area contributed by atoms with Crippen LogP contribution in [0.25, 0.3) is 0 Å². The first kappa shape index (κ1) is 21.2. The van der Waals surface area contributed by atoms with E-state index in [2.05, 4.69) is 46.7 Å². The Morgan fingerprint density at radius 3 is 2.71 bits per heavy atom. The summed E-state index contributed by atoms with van der Waals surface area (Å²) in [7, 11) is 0. The smallest absolute Gasteiger partial charge is 0.237 e. The van der Waals surface area contributed by atoms with Crippen LogP contribution < -0.4 is 10.6 Å². The van der Waals surface area contributed by atoms with Gasteiger partial charge in [-0.05, 0) is 51.3 Å². The third-order valence-electron chi connectivity index (χ3n) is 4.86. The van der Waals surface area contributed by atoms with Crippen LogP contribution in [0.15, 0.2) is 30.3 Å². The van der Waals surface area contributed by atoms with E-state index >= 15 is 0 Å². The quantitative estimate of drug-likeness (QED) is 0.852. The number of hydrogen-bond acceptors (Lipinski definition) is 3. The van der Waals surface area contributed by atoms with Crippen molar-refractivity contribution >= 4 is 30.7 Å². The van der Waals surface area contributed by atoms with E-state index in [0.717, 1.165) is 45.3 Å². The molecule has 136 valence electrons. The van der Waals surface area contributed by atoms with Gasteiger partial charge in [-0.3, -0.25) is 9.69 Å². The largest absolute Gasteiger partial charge is 0.352 e. The van der Waals surface area contributed by atoms with Crippen LogP contribution in [0.5, 0.6) is 0 Å². The number of piperidine rings is 1. The van der Waals surface area contributed by atoms with Gasteiger partial charge < -0.3 is 10.6 Å². The molecule has 0 bridgehead atoms. The highest BCUT2D eigenvalue weighted by Gasteiger charge is 2.32. The monoisotopic (exact) mass is 373 g/mol. The normalized spacial score (nSPS) is 27.0. The standard InChI is InChI=1S/C18H27N3O.2ClH/c1-14-12-16(9-10-19-14)20-18(22)17-8-5-11-21(17)13-15-6-3-2-4-7-15;;/h2-4,6-7,14,16-17,19H,5,8-13H2,1H3,(H,20,22);2*1H. The zero-order valence-corrected chi connectivity index (χ0v) is 15.9. The zero-order valence-electron chi connectivity index (χ0n) is 14.2. The van der Waals surface area contributed by atoms with Gasteiger partial charge in [0.05, 0.1) is 6.04 Å². The molecule has 2 aliphatic heterocycles. The van der Waals surface area contributed by atoms with Crippen LogP contribution in [0.1, 0.15) is 38.2 Å². The van der Waals surface area contributed by atoms with Crippen LogP contribution in [0.2, 0.25) is 0 Å². The first-order valence-corrected chi connectivity index (χ1v) is 8.54. The van der Waals surface area contributed by atoms with Crippen molar-refractivity contribution in [3.05, 3.63) is 35.9 Å². The number of carbonyl (C=O) groups is 1. The average molecular weight is 374 g/mol. The number of benzene rings is 1. The summed E-state index contributed by atoms with van der Waals surface area (Å²) >= 11 is 0. The molecule has 0 spiro atoms. The van der Waals surface area contributed by atoms with E-state index in [4.69, 9.17) is 0 Å². The van der Waals surface area contributed by atoms with Gasteiger partial charge in [0, 0.05) is 18.6 Å². The molecule has 24 heavy (non-hydrogen) atoms. The molecule has 6 heteroatoms. The van der Waals surface area contributed by atoms with Crippen LogP contribution in [-0.4, -0.2) is 42.0 Å². The highest BCUT2D eigenvalue weighted by Crippen LogP contribution is 2.21. The fourth-order valence-electron chi connectivity index (χ4n) is 3.69. The molecular weight excluding hydrogens is 345 g/mol. The lowest BCUT2D eigenvalue weighted by molar-refractivity contribution is -0.126. The SMILES string of the molecule is CC1CC(NC(=O)C2CCCN2Cc2ccccc2)CCN1.Cl.Cl. The number of rotatable bonds is 4. The Morgan fingerprint density at radius 2 is 2.00 bits per heavy atom. The molecule has 0 aliphatic carbocycles. The average Bonchev–Trinajstić information content (AvgIpc) is 2.96. The molecule has 0 saturated carbocycles. The van der Waals surface area contributed by atoms with E-state index in [0.29, 0.717) is 12.1 Å². The molecule has 0 aromatic heterocycles. The third kappa shape index (κ3) is 5.62. The topological polar surface area (TPSA) is 44.4 Å². The van der Waals surface area contributed by atoms with Crippen molar-refractivity contribution in [3.63, 3.8) is 0 Å². The fourth-order valence-corrected chi connectivity index (χ4v) is 3.69. The molecule has 3 rings (SSSR count). The molecule has 2 heterocycles. The Morgan fingerprint density at radius 1 is 1.25 bits per heavy atom. The van der Waals surface area contributed by atoms with Gasteiger partial charge in [-0.15, -0.1) is 24.8 Å². The molecule has 2 N–H and O–H groups in total. The van der Waals surface area contributed by atoms with Crippen molar-refractivity contribution in [1.82, 2.24) is 15.5 Å². The molecule has 1 amide bonds. The van der Waals surface area contributed by atoms with Gasteiger partial charge in [-0.2, -0.15) is 0 Å². The first-order valence-electron chi connectivity index (χ1n) is 8.54. The second kappa shape index (κ2) is 10.2. The highest BCUT2D eigenvalue weighted by molar-refractivity contribution is 5.85. The van der Waals surface area contributed by atoms with Crippen LogP contribution >= 0.6 is 24.8 Å². The summed E-state index contributed by atoms with van der Waals surface area (Å²) in [6.45, 7) is 5.09. The molecular formula is C18H29Cl2N3O. The van der Waals surface area contributed by atoms with Gasteiger partial charge in [0.2, 0.25) is 5.91 Å². The summed E-state index contributed by atoms with van der Waals surface area (Å²) in [5.74, 6) is 0.229. The lowest BCUT2D eigenvalue weighted by Crippen LogP contribution is -2.51. The Bertz CT molecular complexity index is 500. The summed E-state index contributed by atoms with van der Waals surface area (Å²) in [4.78, 5) is 15.0. The van der Waals surface area contributed by atoms with E-state index in [1.807, 2.05) is 6.07 Å². The van der Waals surface area contributed by atoms with Gasteiger partial charge in [-0.25, -0.2) is 0 Å². The number of halogens is 2. The number of amides is 1. The number of nitrogens with one attached hydrogen (secondary N) is 2. The van der Waals surface area contributed by atoms with Crippen molar-refractivity contribution in [2.75, 3.05) is 13.1 Å². The maximum atomic E-state index is 12.6. The van der Waals surface area contributed by atoms with Crippen molar-refractivity contribution in [2.24, 2.45) is 0 Å². The molecule has 1 aromatic carbocycles. The second-order valence-electron chi connectivity index (χ2n) is 6.70. The van der Waals surface area contributed by atoms with Crippen LogP contribution in [-0.2, 0) is 11.3 Å². The molecule has 2 saturated heterocycles. The summed E-state index contributed by atoms with van der Waals surface area (Å²) in [6.07, 6.45) is 4.19. The van der Waals surface area contributed by atoms with E-state index in [-0.39, 0.29) is 36.8 Å². The molecule has 0 radical (unpaired) electrons. The van der Waals surface area contributed by atoms with E-state index in [9.17, 15) is 4.79 Å². The molecule has 3 unspecified atom stereocenters. The minimum absolute atomic E-state index is 0. The van der Waals surface area contributed by atoms with E-state index < -0.39 is 0 Å². The predicted octanol–water partition coefficient (Wildman–Crippen LogP) is 2.75. The number of hydrogen-bond donors (Lipinski definition) is 2. The van der Waals surface area contributed by atoms with Gasteiger partial charge in [-0.1, -0.05) is 30.3 Å². The minimum Gasteiger partial charge on any atom is -0.352 e. The summed E-state index contributed by atoms with van der Waals surface area (Å²) in [6, 6.07) is 11.3. The maximum absolute atomic E-state index is 12.6. The van der Waals surface area contributed by atoms with E-state index in [1.54, 1.807) is 0 Å². The maximum Gasteiger partial charge on any atom is 0.237 e. The van der Waals surface area contributed by atoms with Crippen molar-refractivity contribution in [3.8, 4) is 0 Å². The Balaban J connectivity index is 0.00000144. The van der Waals surface area contributed by atoms with Gasteiger partial charge in [0.1, 0.15) is 0 Å². The number of carbonyl (C=O) groups excluding carboxylic acids is 1. The summed E-state index contributed by atoms with van der Waals surface area (Å²) in [5.41, 5.74) is 1.29. The Hall–Kier alpha value is -0.810. The van der Waals surface area contributed by atoms with Crippen molar-refractivity contribution < 1.29 is 4.79 Å². The van der Waals surface area contributed by atoms with Crippen LogP contribution in [0, 0.1) is 0 Å². The third-order valence-corrected chi connectivity index (χ3v) is 4.86. The molecule has 4 nitrogen and oxygen atoms in total. The number of likely N-dealkylation sites (tertiary alicyclic amines) is 1. The highest BCUT2D eigenvalue weighted by atomic mass is 35.5. The van der Waals surface area contributed by atoms with Crippen LogP contribution in [0.3, 0.4) is 0 Å². The van der Waals surface area contributed by atoms with Gasteiger partial charge >= 0.3 is 0 Å². The molecule has 3 atom stereocenters. The molecule has 2 aliphatic rings. The molecule has 2 fully saturated rings. The second-order valence-corrected chi connectivity index (χ2v) is 6.70. The zero-order chi connectivity index (χ0) is 15.4. The van der Waals surface area contributed by atoms with Crippen molar-refractivity contribution in [1.29, 1.82) is 0 Å².